The van der Waals surface area contributed by atoms with Gasteiger partial charge in [0.05, 0.1) is 23.0 Å². The molecule has 0 spiro atoms. The summed E-state index contributed by atoms with van der Waals surface area (Å²) in [4.78, 5) is 15.2. The van der Waals surface area contributed by atoms with E-state index in [4.69, 9.17) is 16.2 Å². The Bertz CT molecular complexity index is 432. The van der Waals surface area contributed by atoms with Gasteiger partial charge < -0.3 is 21.5 Å². The van der Waals surface area contributed by atoms with Gasteiger partial charge in [-0.25, -0.2) is 4.98 Å². The number of carbonyl (C=O) groups excluding carboxylic acids is 1. The lowest BCUT2D eigenvalue weighted by Crippen LogP contribution is -2.33. The van der Waals surface area contributed by atoms with Gasteiger partial charge in [0.1, 0.15) is 5.82 Å². The number of carbonyl (C=O) groups is 1. The van der Waals surface area contributed by atoms with Crippen molar-refractivity contribution in [2.24, 2.45) is 5.73 Å². The molecule has 0 saturated heterocycles. The van der Waals surface area contributed by atoms with Crippen molar-refractivity contribution in [3.63, 3.8) is 0 Å². The molecule has 0 aliphatic carbocycles. The van der Waals surface area contributed by atoms with Crippen LogP contribution in [0.25, 0.3) is 0 Å². The van der Waals surface area contributed by atoms with E-state index < -0.39 is 5.91 Å². The Labute approximate surface area is 107 Å². The molecular weight excluding hydrogens is 232 g/mol. The summed E-state index contributed by atoms with van der Waals surface area (Å²) in [7, 11) is 0. The van der Waals surface area contributed by atoms with Crippen LogP contribution in [0.2, 0.25) is 0 Å². The zero-order valence-electron chi connectivity index (χ0n) is 11.0. The predicted molar refractivity (Wildman–Crippen MR) is 71.4 cm³/mol. The Hall–Kier alpha value is -1.82. The van der Waals surface area contributed by atoms with Crippen molar-refractivity contribution in [2.45, 2.75) is 26.4 Å². The van der Waals surface area contributed by atoms with Gasteiger partial charge in [-0.3, -0.25) is 4.79 Å². The predicted octanol–water partition coefficient (Wildman–Crippen LogP) is 0.990. The summed E-state index contributed by atoms with van der Waals surface area (Å²) in [5.41, 5.74) is 11.0. The van der Waals surface area contributed by atoms with E-state index in [1.165, 1.54) is 6.20 Å². The van der Waals surface area contributed by atoms with E-state index in [0.717, 1.165) is 0 Å². The smallest absolute Gasteiger partial charge is 0.250 e. The number of ether oxygens (including phenoxy) is 1. The Balaban J connectivity index is 2.74. The van der Waals surface area contributed by atoms with E-state index in [-0.39, 0.29) is 16.9 Å². The van der Waals surface area contributed by atoms with Crippen LogP contribution < -0.4 is 16.8 Å². The molecule has 5 N–H and O–H groups in total. The molecular formula is C12H20N4O2. The van der Waals surface area contributed by atoms with Gasteiger partial charge in [-0.05, 0) is 26.8 Å². The van der Waals surface area contributed by atoms with Gasteiger partial charge >= 0.3 is 0 Å². The molecule has 0 aromatic carbocycles. The van der Waals surface area contributed by atoms with E-state index in [0.29, 0.717) is 19.0 Å². The van der Waals surface area contributed by atoms with Gasteiger partial charge in [0.2, 0.25) is 0 Å². The molecule has 0 radical (unpaired) electrons. The maximum atomic E-state index is 11.1. The molecule has 100 valence electrons. The van der Waals surface area contributed by atoms with Gasteiger partial charge in [0, 0.05) is 13.2 Å². The summed E-state index contributed by atoms with van der Waals surface area (Å²) in [6.07, 6.45) is 1.41. The summed E-state index contributed by atoms with van der Waals surface area (Å²) in [5, 5.41) is 3.09. The molecule has 0 unspecified atom stereocenters. The third-order valence-electron chi connectivity index (χ3n) is 2.43. The highest BCUT2D eigenvalue weighted by atomic mass is 16.5. The van der Waals surface area contributed by atoms with E-state index >= 15 is 0 Å². The Kier molecular flexibility index (Phi) is 4.49. The highest BCUT2D eigenvalue weighted by Crippen LogP contribution is 2.16. The fourth-order valence-electron chi connectivity index (χ4n) is 1.52. The summed E-state index contributed by atoms with van der Waals surface area (Å²) >= 11 is 0. The number of nitrogens with one attached hydrogen (secondary N) is 1. The number of nitrogen functional groups attached to an aromatic ring is 1. The number of hydrogen-bond acceptors (Lipinski definition) is 5. The molecule has 1 rings (SSSR count). The first-order valence-corrected chi connectivity index (χ1v) is 5.79. The summed E-state index contributed by atoms with van der Waals surface area (Å²) in [6, 6.07) is 1.54. The maximum absolute atomic E-state index is 11.1. The van der Waals surface area contributed by atoms with E-state index in [2.05, 4.69) is 10.3 Å². The monoisotopic (exact) mass is 252 g/mol. The Morgan fingerprint density at radius 2 is 2.22 bits per heavy atom. The standard InChI is InChI=1S/C12H20N4O2/c1-4-18-12(2,3)7-16-10-5-8(11(14)17)9(13)6-15-10/h5-6H,4,7,13H2,1-3H3,(H2,14,17)(H,15,16). The van der Waals surface area contributed by atoms with Crippen molar-refractivity contribution < 1.29 is 9.53 Å². The Morgan fingerprint density at radius 1 is 1.56 bits per heavy atom. The first kappa shape index (κ1) is 14.2. The lowest BCUT2D eigenvalue weighted by molar-refractivity contribution is 0.000642. The van der Waals surface area contributed by atoms with Crippen molar-refractivity contribution >= 4 is 17.4 Å². The SMILES string of the molecule is CCOC(C)(C)CNc1cc(C(N)=O)c(N)cn1. The fourth-order valence-corrected chi connectivity index (χ4v) is 1.52. The van der Waals surface area contributed by atoms with Crippen LogP contribution in [-0.2, 0) is 4.74 Å². The average molecular weight is 252 g/mol. The first-order chi connectivity index (χ1) is 8.35. The van der Waals surface area contributed by atoms with Crippen molar-refractivity contribution in [1.82, 2.24) is 4.98 Å². The topological polar surface area (TPSA) is 103 Å². The highest BCUT2D eigenvalue weighted by Gasteiger charge is 2.17. The van der Waals surface area contributed by atoms with E-state index in [1.54, 1.807) is 6.07 Å². The number of anilines is 2. The van der Waals surface area contributed by atoms with E-state index in [1.807, 2.05) is 20.8 Å². The van der Waals surface area contributed by atoms with Crippen LogP contribution in [0.15, 0.2) is 12.3 Å². The van der Waals surface area contributed by atoms with E-state index in [9.17, 15) is 4.79 Å². The minimum atomic E-state index is -0.568. The van der Waals surface area contributed by atoms with Gasteiger partial charge in [-0.1, -0.05) is 0 Å². The second-order valence-electron chi connectivity index (χ2n) is 4.57. The number of amides is 1. The molecule has 1 amide bonds. The third-order valence-corrected chi connectivity index (χ3v) is 2.43. The number of aromatic nitrogens is 1. The number of rotatable bonds is 6. The molecule has 0 aliphatic heterocycles. The number of primary amides is 1. The van der Waals surface area contributed by atoms with Crippen LogP contribution in [0.5, 0.6) is 0 Å². The number of pyridine rings is 1. The van der Waals surface area contributed by atoms with Crippen LogP contribution in [0.4, 0.5) is 11.5 Å². The Morgan fingerprint density at radius 3 is 2.78 bits per heavy atom. The van der Waals surface area contributed by atoms with Gasteiger partial charge in [0.15, 0.2) is 0 Å². The lowest BCUT2D eigenvalue weighted by atomic mass is 10.1. The summed E-state index contributed by atoms with van der Waals surface area (Å²) < 4.78 is 5.55. The van der Waals surface area contributed by atoms with Gasteiger partial charge in [0.25, 0.3) is 5.91 Å². The molecule has 6 heteroatoms. The zero-order chi connectivity index (χ0) is 13.8. The average Bonchev–Trinajstić information content (AvgIpc) is 2.27. The second-order valence-corrected chi connectivity index (χ2v) is 4.57. The van der Waals surface area contributed by atoms with Crippen LogP contribution >= 0.6 is 0 Å². The number of hydrogen-bond donors (Lipinski definition) is 3. The van der Waals surface area contributed by atoms with Crippen LogP contribution in [0.1, 0.15) is 31.1 Å². The van der Waals surface area contributed by atoms with Gasteiger partial charge in [-0.15, -0.1) is 0 Å². The van der Waals surface area contributed by atoms with Gasteiger partial charge in [-0.2, -0.15) is 0 Å². The molecule has 0 bridgehead atoms. The molecule has 1 aromatic heterocycles. The zero-order valence-corrected chi connectivity index (χ0v) is 11.0. The summed E-state index contributed by atoms with van der Waals surface area (Å²) in [5.74, 6) is -0.0206. The molecule has 0 aliphatic rings. The molecule has 1 heterocycles. The minimum Gasteiger partial charge on any atom is -0.397 e. The summed E-state index contributed by atoms with van der Waals surface area (Å²) in [6.45, 7) is 7.08. The van der Waals surface area contributed by atoms with Crippen LogP contribution in [0, 0.1) is 0 Å². The van der Waals surface area contributed by atoms with Crippen molar-refractivity contribution in [3.8, 4) is 0 Å². The largest absolute Gasteiger partial charge is 0.397 e. The van der Waals surface area contributed by atoms with Crippen molar-refractivity contribution in [1.29, 1.82) is 0 Å². The first-order valence-electron chi connectivity index (χ1n) is 5.79. The lowest BCUT2D eigenvalue weighted by Gasteiger charge is -2.25. The molecule has 1 aromatic rings. The number of nitrogens with zero attached hydrogens (tertiary/aromatic N) is 1. The van der Waals surface area contributed by atoms with Crippen LogP contribution in [0.3, 0.4) is 0 Å². The second kappa shape index (κ2) is 5.68. The molecule has 6 nitrogen and oxygen atoms in total. The van der Waals surface area contributed by atoms with Crippen molar-refractivity contribution in [2.75, 3.05) is 24.2 Å². The highest BCUT2D eigenvalue weighted by molar-refractivity contribution is 5.98. The molecule has 0 saturated carbocycles. The quantitative estimate of drug-likeness (QED) is 0.700. The molecule has 0 fully saturated rings. The molecule has 0 atom stereocenters. The fraction of sp³-hybridized carbons (Fsp3) is 0.500. The normalized spacial score (nSPS) is 11.3. The number of nitrogens with two attached hydrogens (primary N) is 2. The minimum absolute atomic E-state index is 0.265. The maximum Gasteiger partial charge on any atom is 0.250 e. The third kappa shape index (κ3) is 3.89. The van der Waals surface area contributed by atoms with Crippen molar-refractivity contribution in [3.05, 3.63) is 17.8 Å². The molecule has 18 heavy (non-hydrogen) atoms. The van der Waals surface area contributed by atoms with Crippen LogP contribution in [-0.4, -0.2) is 29.6 Å².